The maximum atomic E-state index is 9.40. The number of hydrogen-bond acceptors (Lipinski definition) is 3. The Morgan fingerprint density at radius 1 is 1.50 bits per heavy atom. The van der Waals surface area contributed by atoms with Crippen LogP contribution in [0.25, 0.3) is 0 Å². The number of likely N-dealkylation sites (tertiary alicyclic amines) is 1. The molecule has 3 nitrogen and oxygen atoms in total. The Kier molecular flexibility index (Phi) is 3.42. The smallest absolute Gasteiger partial charge is 0.0680 e. The first-order valence-corrected chi connectivity index (χ1v) is 5.88. The lowest BCUT2D eigenvalue weighted by molar-refractivity contribution is 0.160. The van der Waals surface area contributed by atoms with Crippen LogP contribution in [-0.2, 0) is 0 Å². The van der Waals surface area contributed by atoms with Crippen molar-refractivity contribution in [1.29, 1.82) is 0 Å². The Labute approximate surface area is 86.5 Å². The maximum absolute atomic E-state index is 9.40. The number of rotatable bonds is 2. The summed E-state index contributed by atoms with van der Waals surface area (Å²) >= 11 is 0. The number of aliphatic hydroxyl groups is 1. The van der Waals surface area contributed by atoms with Gasteiger partial charge in [-0.15, -0.1) is 0 Å². The topological polar surface area (TPSA) is 35.5 Å². The Morgan fingerprint density at radius 3 is 3.00 bits per heavy atom. The molecule has 0 bridgehead atoms. The van der Waals surface area contributed by atoms with E-state index in [4.69, 9.17) is 0 Å². The minimum absolute atomic E-state index is 0.109. The van der Waals surface area contributed by atoms with E-state index in [2.05, 4.69) is 17.1 Å². The van der Waals surface area contributed by atoms with E-state index in [0.717, 1.165) is 25.4 Å². The van der Waals surface area contributed by atoms with Gasteiger partial charge in [-0.2, -0.15) is 0 Å². The summed E-state index contributed by atoms with van der Waals surface area (Å²) in [6.07, 6.45) is 3.56. The van der Waals surface area contributed by atoms with Gasteiger partial charge in [-0.25, -0.2) is 0 Å². The van der Waals surface area contributed by atoms with E-state index in [0.29, 0.717) is 6.04 Å². The van der Waals surface area contributed by atoms with Crippen molar-refractivity contribution in [2.75, 3.05) is 26.2 Å². The van der Waals surface area contributed by atoms with E-state index < -0.39 is 0 Å². The molecule has 2 fully saturated rings. The SMILES string of the molecule is CC1CCCN(CC2CC(O)CN2)C1. The molecule has 0 saturated carbocycles. The number of nitrogens with one attached hydrogen (secondary N) is 1. The third-order valence-electron chi connectivity index (χ3n) is 3.42. The monoisotopic (exact) mass is 198 g/mol. The summed E-state index contributed by atoms with van der Waals surface area (Å²) in [5.41, 5.74) is 0. The third kappa shape index (κ3) is 2.69. The van der Waals surface area contributed by atoms with Crippen LogP contribution in [0.1, 0.15) is 26.2 Å². The van der Waals surface area contributed by atoms with E-state index in [1.54, 1.807) is 0 Å². The largest absolute Gasteiger partial charge is 0.392 e. The molecule has 82 valence electrons. The van der Waals surface area contributed by atoms with Gasteiger partial charge in [0.15, 0.2) is 0 Å². The summed E-state index contributed by atoms with van der Waals surface area (Å²) in [5.74, 6) is 0.857. The van der Waals surface area contributed by atoms with Crippen molar-refractivity contribution in [1.82, 2.24) is 10.2 Å². The molecule has 2 aliphatic heterocycles. The molecule has 2 rings (SSSR count). The quantitative estimate of drug-likeness (QED) is 0.676. The number of aliphatic hydroxyl groups excluding tert-OH is 1. The lowest BCUT2D eigenvalue weighted by Crippen LogP contribution is -2.42. The molecule has 3 heteroatoms. The van der Waals surface area contributed by atoms with Gasteiger partial charge >= 0.3 is 0 Å². The van der Waals surface area contributed by atoms with E-state index >= 15 is 0 Å². The minimum Gasteiger partial charge on any atom is -0.392 e. The van der Waals surface area contributed by atoms with Gasteiger partial charge in [-0.1, -0.05) is 6.92 Å². The van der Waals surface area contributed by atoms with Gasteiger partial charge in [-0.05, 0) is 31.7 Å². The molecule has 0 spiro atoms. The Hall–Kier alpha value is -0.120. The lowest BCUT2D eigenvalue weighted by atomic mass is 10.00. The lowest BCUT2D eigenvalue weighted by Gasteiger charge is -2.32. The van der Waals surface area contributed by atoms with Gasteiger partial charge in [0.25, 0.3) is 0 Å². The third-order valence-corrected chi connectivity index (χ3v) is 3.42. The van der Waals surface area contributed by atoms with E-state index in [-0.39, 0.29) is 6.10 Å². The van der Waals surface area contributed by atoms with Gasteiger partial charge in [0, 0.05) is 25.7 Å². The number of piperidine rings is 1. The molecule has 3 unspecified atom stereocenters. The summed E-state index contributed by atoms with van der Waals surface area (Å²) in [6, 6.07) is 0.523. The molecule has 14 heavy (non-hydrogen) atoms. The molecule has 0 aliphatic carbocycles. The van der Waals surface area contributed by atoms with Crippen LogP contribution < -0.4 is 5.32 Å². The highest BCUT2D eigenvalue weighted by Gasteiger charge is 2.25. The average Bonchev–Trinajstić information content (AvgIpc) is 2.51. The summed E-state index contributed by atoms with van der Waals surface area (Å²) < 4.78 is 0. The highest BCUT2D eigenvalue weighted by molar-refractivity contribution is 4.84. The zero-order valence-electron chi connectivity index (χ0n) is 9.08. The highest BCUT2D eigenvalue weighted by Crippen LogP contribution is 2.17. The van der Waals surface area contributed by atoms with E-state index in [1.807, 2.05) is 0 Å². The first kappa shape index (κ1) is 10.4. The van der Waals surface area contributed by atoms with Gasteiger partial charge < -0.3 is 15.3 Å². The highest BCUT2D eigenvalue weighted by atomic mass is 16.3. The summed E-state index contributed by atoms with van der Waals surface area (Å²) in [5, 5.41) is 12.8. The molecule has 0 aromatic heterocycles. The van der Waals surface area contributed by atoms with E-state index in [9.17, 15) is 5.11 Å². The van der Waals surface area contributed by atoms with Crippen molar-refractivity contribution in [2.45, 2.75) is 38.3 Å². The predicted octanol–water partition coefficient (Wildman–Crippen LogP) is 0.441. The fraction of sp³-hybridized carbons (Fsp3) is 1.00. The second-order valence-electron chi connectivity index (χ2n) is 5.00. The number of nitrogens with zero attached hydrogens (tertiary/aromatic N) is 1. The van der Waals surface area contributed by atoms with Crippen LogP contribution in [-0.4, -0.2) is 48.3 Å². The van der Waals surface area contributed by atoms with Crippen molar-refractivity contribution >= 4 is 0 Å². The van der Waals surface area contributed by atoms with Crippen LogP contribution in [0.2, 0.25) is 0 Å². The molecule has 0 radical (unpaired) electrons. The van der Waals surface area contributed by atoms with Gasteiger partial charge in [0.2, 0.25) is 0 Å². The molecule has 0 amide bonds. The van der Waals surface area contributed by atoms with Crippen LogP contribution in [0, 0.1) is 5.92 Å². The summed E-state index contributed by atoms with van der Waals surface area (Å²) in [6.45, 7) is 6.74. The van der Waals surface area contributed by atoms with Crippen molar-refractivity contribution in [3.05, 3.63) is 0 Å². The van der Waals surface area contributed by atoms with E-state index in [1.165, 1.54) is 25.9 Å². The van der Waals surface area contributed by atoms with Gasteiger partial charge in [0.05, 0.1) is 6.10 Å². The summed E-state index contributed by atoms with van der Waals surface area (Å²) in [7, 11) is 0. The molecule has 2 aliphatic rings. The second kappa shape index (κ2) is 4.60. The zero-order valence-corrected chi connectivity index (χ0v) is 9.08. The van der Waals surface area contributed by atoms with Crippen LogP contribution in [0.4, 0.5) is 0 Å². The molecule has 3 atom stereocenters. The Morgan fingerprint density at radius 2 is 2.36 bits per heavy atom. The zero-order chi connectivity index (χ0) is 9.97. The molecular weight excluding hydrogens is 176 g/mol. The maximum Gasteiger partial charge on any atom is 0.0680 e. The fourth-order valence-corrected chi connectivity index (χ4v) is 2.70. The number of β-amino-alcohol motifs (C(OH)–C–C–N with tert-alkyl or cyclic N) is 1. The molecular formula is C11H22N2O. The van der Waals surface area contributed by atoms with Crippen molar-refractivity contribution < 1.29 is 5.11 Å². The second-order valence-corrected chi connectivity index (χ2v) is 5.00. The predicted molar refractivity (Wildman–Crippen MR) is 57.3 cm³/mol. The molecule has 2 N–H and O–H groups in total. The van der Waals surface area contributed by atoms with Crippen molar-refractivity contribution in [3.63, 3.8) is 0 Å². The first-order valence-electron chi connectivity index (χ1n) is 5.88. The molecule has 2 saturated heterocycles. The van der Waals surface area contributed by atoms with Gasteiger partial charge in [-0.3, -0.25) is 0 Å². The summed E-state index contributed by atoms with van der Waals surface area (Å²) in [4.78, 5) is 2.55. The van der Waals surface area contributed by atoms with Crippen molar-refractivity contribution in [3.8, 4) is 0 Å². The van der Waals surface area contributed by atoms with Crippen LogP contribution >= 0.6 is 0 Å². The van der Waals surface area contributed by atoms with Crippen LogP contribution in [0.3, 0.4) is 0 Å². The fourth-order valence-electron chi connectivity index (χ4n) is 2.70. The molecule has 2 heterocycles. The van der Waals surface area contributed by atoms with Gasteiger partial charge in [0.1, 0.15) is 0 Å². The first-order chi connectivity index (χ1) is 6.74. The minimum atomic E-state index is -0.109. The van der Waals surface area contributed by atoms with Crippen LogP contribution in [0.15, 0.2) is 0 Å². The Balaban J connectivity index is 1.74. The Bertz CT molecular complexity index is 186. The standard InChI is InChI=1S/C11H22N2O/c1-9-3-2-4-13(7-9)8-10-5-11(14)6-12-10/h9-12,14H,2-8H2,1H3. The van der Waals surface area contributed by atoms with Crippen molar-refractivity contribution in [2.24, 2.45) is 5.92 Å². The molecule has 0 aromatic rings. The average molecular weight is 198 g/mol. The molecule has 0 aromatic carbocycles. The normalized spacial score (nSPS) is 40.3. The number of hydrogen-bond donors (Lipinski definition) is 2. The van der Waals surface area contributed by atoms with Crippen LogP contribution in [0.5, 0.6) is 0 Å².